The van der Waals surface area contributed by atoms with Gasteiger partial charge < -0.3 is 5.11 Å². The summed E-state index contributed by atoms with van der Waals surface area (Å²) >= 11 is 0. The maximum Gasteiger partial charge on any atom is 0.303 e. The lowest BCUT2D eigenvalue weighted by atomic mass is 9.91. The van der Waals surface area contributed by atoms with Crippen LogP contribution in [0.5, 0.6) is 0 Å². The van der Waals surface area contributed by atoms with Gasteiger partial charge in [-0.15, -0.1) is 0 Å². The van der Waals surface area contributed by atoms with E-state index in [9.17, 15) is 4.79 Å². The van der Waals surface area contributed by atoms with Gasteiger partial charge >= 0.3 is 5.97 Å². The monoisotopic (exact) mass is 206 g/mol. The number of carbonyl (C=O) groups is 1. The fourth-order valence-electron chi connectivity index (χ4n) is 1.83. The van der Waals surface area contributed by atoms with Crippen LogP contribution in [-0.2, 0) is 4.79 Å². The van der Waals surface area contributed by atoms with Gasteiger partial charge in [0, 0.05) is 6.42 Å². The number of carboxylic acid groups (broad SMARTS) is 1. The van der Waals surface area contributed by atoms with Gasteiger partial charge in [0.25, 0.3) is 0 Å². The summed E-state index contributed by atoms with van der Waals surface area (Å²) in [7, 11) is 0. The smallest absolute Gasteiger partial charge is 0.303 e. The molecule has 82 valence electrons. The van der Waals surface area contributed by atoms with Crippen LogP contribution in [0.15, 0.2) is 30.3 Å². The Hall–Kier alpha value is -1.31. The van der Waals surface area contributed by atoms with Crippen LogP contribution in [0.4, 0.5) is 0 Å². The first-order valence-electron chi connectivity index (χ1n) is 5.50. The predicted octanol–water partition coefficient (Wildman–Crippen LogP) is 3.44. The molecule has 1 N–H and O–H groups in total. The van der Waals surface area contributed by atoms with E-state index in [1.807, 2.05) is 18.2 Å². The van der Waals surface area contributed by atoms with Gasteiger partial charge in [-0.3, -0.25) is 4.79 Å². The number of benzene rings is 1. The normalized spacial score (nSPS) is 12.3. The standard InChI is InChI=1S/C13H18O2/c1-2-11(9-6-10-13(14)15)12-7-4-3-5-8-12/h3-5,7-8,11H,2,6,9-10H2,1H3,(H,14,15)/t11-/m1/s1. The zero-order valence-corrected chi connectivity index (χ0v) is 9.15. The average molecular weight is 206 g/mol. The van der Waals surface area contributed by atoms with Crippen molar-refractivity contribution in [3.05, 3.63) is 35.9 Å². The Labute approximate surface area is 90.9 Å². The molecule has 15 heavy (non-hydrogen) atoms. The SMILES string of the molecule is CC[C@H](CCCC(=O)O)c1ccccc1. The first-order valence-corrected chi connectivity index (χ1v) is 5.50. The number of rotatable bonds is 6. The summed E-state index contributed by atoms with van der Waals surface area (Å²) < 4.78 is 0. The number of hydrogen-bond acceptors (Lipinski definition) is 1. The molecule has 0 aliphatic carbocycles. The topological polar surface area (TPSA) is 37.3 Å². The van der Waals surface area contributed by atoms with Crippen LogP contribution in [0.2, 0.25) is 0 Å². The molecule has 0 saturated heterocycles. The van der Waals surface area contributed by atoms with Gasteiger partial charge in [-0.2, -0.15) is 0 Å². The summed E-state index contributed by atoms with van der Waals surface area (Å²) in [5, 5.41) is 8.57. The minimum atomic E-state index is -0.696. The molecule has 0 bridgehead atoms. The minimum Gasteiger partial charge on any atom is -0.481 e. The Balaban J connectivity index is 2.46. The summed E-state index contributed by atoms with van der Waals surface area (Å²) in [6.45, 7) is 2.15. The molecule has 0 aromatic heterocycles. The Morgan fingerprint density at radius 3 is 2.53 bits per heavy atom. The third-order valence-electron chi connectivity index (χ3n) is 2.71. The molecule has 2 heteroatoms. The molecule has 1 aromatic carbocycles. The summed E-state index contributed by atoms with van der Waals surface area (Å²) in [6.07, 6.45) is 3.09. The fraction of sp³-hybridized carbons (Fsp3) is 0.462. The predicted molar refractivity (Wildman–Crippen MR) is 61.0 cm³/mol. The van der Waals surface area contributed by atoms with E-state index >= 15 is 0 Å². The molecule has 1 atom stereocenters. The van der Waals surface area contributed by atoms with E-state index in [2.05, 4.69) is 19.1 Å². The van der Waals surface area contributed by atoms with E-state index in [0.717, 1.165) is 19.3 Å². The molecule has 0 radical (unpaired) electrons. The second kappa shape index (κ2) is 6.23. The van der Waals surface area contributed by atoms with Crippen LogP contribution in [0.3, 0.4) is 0 Å². The van der Waals surface area contributed by atoms with Crippen molar-refractivity contribution in [3.8, 4) is 0 Å². The van der Waals surface area contributed by atoms with E-state index in [1.165, 1.54) is 5.56 Å². The quantitative estimate of drug-likeness (QED) is 0.774. The van der Waals surface area contributed by atoms with Crippen LogP contribution < -0.4 is 0 Å². The van der Waals surface area contributed by atoms with E-state index in [-0.39, 0.29) is 6.42 Å². The first-order chi connectivity index (χ1) is 7.24. The zero-order chi connectivity index (χ0) is 11.1. The zero-order valence-electron chi connectivity index (χ0n) is 9.15. The second-order valence-corrected chi connectivity index (χ2v) is 3.80. The molecular formula is C13H18O2. The van der Waals surface area contributed by atoms with Crippen LogP contribution in [-0.4, -0.2) is 11.1 Å². The summed E-state index contributed by atoms with van der Waals surface area (Å²) in [5.74, 6) is -0.191. The summed E-state index contributed by atoms with van der Waals surface area (Å²) in [4.78, 5) is 10.4. The van der Waals surface area contributed by atoms with E-state index < -0.39 is 5.97 Å². The third kappa shape index (κ3) is 4.15. The number of hydrogen-bond donors (Lipinski definition) is 1. The van der Waals surface area contributed by atoms with Crippen molar-refractivity contribution in [1.82, 2.24) is 0 Å². The number of aliphatic carboxylic acids is 1. The van der Waals surface area contributed by atoms with Crippen molar-refractivity contribution >= 4 is 5.97 Å². The Morgan fingerprint density at radius 1 is 1.33 bits per heavy atom. The van der Waals surface area contributed by atoms with Crippen molar-refractivity contribution in [2.45, 2.75) is 38.5 Å². The Morgan fingerprint density at radius 2 is 2.00 bits per heavy atom. The molecule has 1 aromatic rings. The van der Waals surface area contributed by atoms with Crippen LogP contribution in [0, 0.1) is 0 Å². The molecule has 0 saturated carbocycles. The van der Waals surface area contributed by atoms with Crippen molar-refractivity contribution in [2.24, 2.45) is 0 Å². The van der Waals surface area contributed by atoms with Crippen molar-refractivity contribution in [3.63, 3.8) is 0 Å². The van der Waals surface area contributed by atoms with Crippen molar-refractivity contribution < 1.29 is 9.90 Å². The molecule has 0 aliphatic heterocycles. The van der Waals surface area contributed by atoms with Gasteiger partial charge in [0.05, 0.1) is 0 Å². The Bertz CT molecular complexity index is 293. The lowest BCUT2D eigenvalue weighted by Gasteiger charge is -2.14. The maximum absolute atomic E-state index is 10.4. The highest BCUT2D eigenvalue weighted by atomic mass is 16.4. The van der Waals surface area contributed by atoms with Gasteiger partial charge in [-0.05, 0) is 30.7 Å². The summed E-state index contributed by atoms with van der Waals surface area (Å²) in [6, 6.07) is 10.3. The largest absolute Gasteiger partial charge is 0.481 e. The highest BCUT2D eigenvalue weighted by molar-refractivity contribution is 5.66. The van der Waals surface area contributed by atoms with Crippen molar-refractivity contribution in [2.75, 3.05) is 0 Å². The maximum atomic E-state index is 10.4. The van der Waals surface area contributed by atoms with Crippen molar-refractivity contribution in [1.29, 1.82) is 0 Å². The first kappa shape index (κ1) is 11.8. The molecule has 0 fully saturated rings. The number of carboxylic acids is 1. The molecule has 0 spiro atoms. The third-order valence-corrected chi connectivity index (χ3v) is 2.71. The molecular weight excluding hydrogens is 188 g/mol. The highest BCUT2D eigenvalue weighted by Gasteiger charge is 2.09. The van der Waals surface area contributed by atoms with Gasteiger partial charge in [-0.1, -0.05) is 37.3 Å². The van der Waals surface area contributed by atoms with Crippen LogP contribution in [0.1, 0.15) is 44.1 Å². The van der Waals surface area contributed by atoms with E-state index in [0.29, 0.717) is 5.92 Å². The molecule has 0 amide bonds. The molecule has 1 rings (SSSR count). The summed E-state index contributed by atoms with van der Waals surface area (Å²) in [5.41, 5.74) is 1.32. The van der Waals surface area contributed by atoms with E-state index in [4.69, 9.17) is 5.11 Å². The Kier molecular flexibility index (Phi) is 4.88. The molecule has 0 unspecified atom stereocenters. The second-order valence-electron chi connectivity index (χ2n) is 3.80. The minimum absolute atomic E-state index is 0.281. The lowest BCUT2D eigenvalue weighted by Crippen LogP contribution is -2.00. The lowest BCUT2D eigenvalue weighted by molar-refractivity contribution is -0.137. The van der Waals surface area contributed by atoms with Crippen LogP contribution >= 0.6 is 0 Å². The molecule has 0 aliphatic rings. The van der Waals surface area contributed by atoms with E-state index in [1.54, 1.807) is 0 Å². The van der Waals surface area contributed by atoms with Gasteiger partial charge in [-0.25, -0.2) is 0 Å². The van der Waals surface area contributed by atoms with Gasteiger partial charge in [0.15, 0.2) is 0 Å². The fourth-order valence-corrected chi connectivity index (χ4v) is 1.83. The van der Waals surface area contributed by atoms with Crippen LogP contribution in [0.25, 0.3) is 0 Å². The van der Waals surface area contributed by atoms with Gasteiger partial charge in [0.2, 0.25) is 0 Å². The molecule has 0 heterocycles. The highest BCUT2D eigenvalue weighted by Crippen LogP contribution is 2.24. The van der Waals surface area contributed by atoms with Gasteiger partial charge in [0.1, 0.15) is 0 Å². The molecule has 2 nitrogen and oxygen atoms in total. The average Bonchev–Trinajstić information content (AvgIpc) is 2.25.